The highest BCUT2D eigenvalue weighted by atomic mass is 16.6. The van der Waals surface area contributed by atoms with Crippen LogP contribution in [0.3, 0.4) is 0 Å². The zero-order valence-electron chi connectivity index (χ0n) is 22.3. The van der Waals surface area contributed by atoms with Crippen LogP contribution in [-0.4, -0.2) is 45.6 Å². The number of hydrogen-bond donors (Lipinski definition) is 2. The summed E-state index contributed by atoms with van der Waals surface area (Å²) in [6.07, 6.45) is 6.68. The highest BCUT2D eigenvalue weighted by Crippen LogP contribution is 2.80. The van der Waals surface area contributed by atoms with Crippen LogP contribution in [0.1, 0.15) is 67.2 Å². The van der Waals surface area contributed by atoms with Gasteiger partial charge in [0, 0.05) is 29.1 Å². The molecule has 6 heteroatoms. The monoisotopic (exact) mass is 496 g/mol. The Morgan fingerprint density at radius 2 is 1.53 bits per heavy atom. The van der Waals surface area contributed by atoms with Gasteiger partial charge in [-0.1, -0.05) is 38.5 Å². The van der Waals surface area contributed by atoms with E-state index in [9.17, 15) is 19.8 Å². The van der Waals surface area contributed by atoms with Crippen molar-refractivity contribution in [3.8, 4) is 0 Å². The van der Waals surface area contributed by atoms with Crippen molar-refractivity contribution in [3.05, 3.63) is 23.3 Å². The summed E-state index contributed by atoms with van der Waals surface area (Å²) in [5, 5.41) is 24.5. The van der Waals surface area contributed by atoms with E-state index in [2.05, 4.69) is 26.0 Å². The second kappa shape index (κ2) is 6.66. The molecule has 0 aromatic carbocycles. The molecule has 2 N–H and O–H groups in total. The number of esters is 2. The van der Waals surface area contributed by atoms with E-state index in [4.69, 9.17) is 9.47 Å². The van der Waals surface area contributed by atoms with Gasteiger partial charge in [-0.3, -0.25) is 9.59 Å². The Morgan fingerprint density at radius 3 is 2.25 bits per heavy atom. The van der Waals surface area contributed by atoms with Crippen LogP contribution in [0.5, 0.6) is 0 Å². The van der Waals surface area contributed by atoms with E-state index < -0.39 is 16.6 Å². The summed E-state index contributed by atoms with van der Waals surface area (Å²) in [5.74, 6) is -0.663. The molecule has 36 heavy (non-hydrogen) atoms. The second-order valence-electron chi connectivity index (χ2n) is 14.1. The molecule has 2 bridgehead atoms. The van der Waals surface area contributed by atoms with Crippen molar-refractivity contribution in [1.82, 2.24) is 0 Å². The summed E-state index contributed by atoms with van der Waals surface area (Å²) >= 11 is 0. The highest BCUT2D eigenvalue weighted by molar-refractivity contribution is 5.76. The fourth-order valence-electron chi connectivity index (χ4n) is 11.0. The number of allylic oxidation sites excluding steroid dienone is 2. The summed E-state index contributed by atoms with van der Waals surface area (Å²) in [6.45, 7) is 12.3. The van der Waals surface area contributed by atoms with E-state index in [1.54, 1.807) is 0 Å². The van der Waals surface area contributed by atoms with Crippen molar-refractivity contribution in [2.24, 2.45) is 58.2 Å². The normalized spacial score (nSPS) is 60.6. The molecule has 7 aliphatic rings. The zero-order chi connectivity index (χ0) is 25.7. The third-order valence-corrected chi connectivity index (χ3v) is 12.6. The standard InChI is InChI=1S/C30H40O6/c1-13-16-7-9-28(5,33)20-18(22(16)35-25(13)31)15(3)19-21(20)30-12-11-27(19,4)24(30)23-17(8-10-29(30,6)34)14(2)26(32)36-23/h11-14,16-17,19-24,33-34H,7-10H2,1-6H3/t13-,14+,16-,17+,19-,20-,21+,22+,23-,24-,27-,28+,29+,30-/m1/s1. The van der Waals surface area contributed by atoms with Crippen LogP contribution in [0.25, 0.3) is 0 Å². The number of aliphatic hydroxyl groups is 2. The Kier molecular flexibility index (Phi) is 4.34. The SMILES string of the molecule is CC1=C2[C@H]3OC(=O)[C@H](C)[C@H]3CC[C@](C)(O)[C@H]2[C@@H]2[C@@H]1[C@@]1(C)C=C[C@]23[C@@H]1[C@@H]1OC(=O)[C@@H](C)[C@@H]1CC[C@]3(C)O. The Balaban J connectivity index is 1.46. The van der Waals surface area contributed by atoms with Crippen molar-refractivity contribution >= 4 is 11.9 Å². The Labute approximate surface area is 213 Å². The van der Waals surface area contributed by atoms with Crippen molar-refractivity contribution in [1.29, 1.82) is 0 Å². The molecule has 2 heterocycles. The highest BCUT2D eigenvalue weighted by Gasteiger charge is 2.81. The van der Waals surface area contributed by atoms with Crippen LogP contribution in [0.4, 0.5) is 0 Å². The van der Waals surface area contributed by atoms with Gasteiger partial charge in [-0.2, -0.15) is 0 Å². The fraction of sp³-hybridized carbons (Fsp3) is 0.800. The van der Waals surface area contributed by atoms with E-state index in [0.29, 0.717) is 12.8 Å². The molecular weight excluding hydrogens is 456 g/mol. The summed E-state index contributed by atoms with van der Waals surface area (Å²) in [5.41, 5.74) is -0.637. The van der Waals surface area contributed by atoms with E-state index in [-0.39, 0.29) is 76.9 Å². The molecule has 0 unspecified atom stereocenters. The lowest BCUT2D eigenvalue weighted by atomic mass is 9.55. The molecule has 7 rings (SSSR count). The molecule has 14 atom stereocenters. The average Bonchev–Trinajstić information content (AvgIpc) is 3.47. The molecule has 196 valence electrons. The number of ether oxygens (including phenoxy) is 2. The lowest BCUT2D eigenvalue weighted by molar-refractivity contribution is -0.157. The van der Waals surface area contributed by atoms with Crippen LogP contribution in [0.2, 0.25) is 0 Å². The fourth-order valence-corrected chi connectivity index (χ4v) is 11.0. The van der Waals surface area contributed by atoms with Gasteiger partial charge >= 0.3 is 11.9 Å². The molecule has 5 aliphatic carbocycles. The van der Waals surface area contributed by atoms with E-state index >= 15 is 0 Å². The van der Waals surface area contributed by atoms with E-state index in [0.717, 1.165) is 18.4 Å². The van der Waals surface area contributed by atoms with Crippen LogP contribution in [0, 0.1) is 58.2 Å². The van der Waals surface area contributed by atoms with Crippen LogP contribution in [0.15, 0.2) is 23.3 Å². The summed E-state index contributed by atoms with van der Waals surface area (Å²) < 4.78 is 12.3. The first-order valence-electron chi connectivity index (χ1n) is 14.0. The van der Waals surface area contributed by atoms with Gasteiger partial charge in [0.2, 0.25) is 0 Å². The van der Waals surface area contributed by atoms with Gasteiger partial charge in [-0.15, -0.1) is 0 Å². The third kappa shape index (κ3) is 2.35. The predicted octanol–water partition coefficient (Wildman–Crippen LogP) is 3.80. The summed E-state index contributed by atoms with van der Waals surface area (Å²) in [4.78, 5) is 25.5. The first kappa shape index (κ1) is 23.5. The Hall–Kier alpha value is -1.66. The average molecular weight is 497 g/mol. The summed E-state index contributed by atoms with van der Waals surface area (Å²) in [7, 11) is 0. The largest absolute Gasteiger partial charge is 0.461 e. The van der Waals surface area contributed by atoms with Crippen LogP contribution in [-0.2, 0) is 19.1 Å². The molecule has 2 aliphatic heterocycles. The third-order valence-electron chi connectivity index (χ3n) is 12.6. The van der Waals surface area contributed by atoms with Gasteiger partial charge in [0.1, 0.15) is 12.2 Å². The summed E-state index contributed by atoms with van der Waals surface area (Å²) in [6, 6.07) is 0. The topological polar surface area (TPSA) is 93.1 Å². The maximum absolute atomic E-state index is 12.8. The zero-order valence-corrected chi connectivity index (χ0v) is 22.3. The van der Waals surface area contributed by atoms with Gasteiger partial charge in [0.25, 0.3) is 0 Å². The number of fused-ring (bicyclic) bond motifs is 7. The Bertz CT molecular complexity index is 1130. The minimum Gasteiger partial charge on any atom is -0.461 e. The number of rotatable bonds is 0. The quantitative estimate of drug-likeness (QED) is 0.391. The lowest BCUT2D eigenvalue weighted by Crippen LogP contribution is -2.56. The van der Waals surface area contributed by atoms with Crippen molar-refractivity contribution in [2.45, 2.75) is 90.6 Å². The smallest absolute Gasteiger partial charge is 0.309 e. The minimum absolute atomic E-state index is 0.0424. The van der Waals surface area contributed by atoms with Crippen molar-refractivity contribution in [2.75, 3.05) is 0 Å². The molecule has 0 aromatic rings. The maximum atomic E-state index is 12.8. The number of carbonyl (C=O) groups is 2. The first-order valence-corrected chi connectivity index (χ1v) is 14.0. The second-order valence-corrected chi connectivity index (χ2v) is 14.1. The maximum Gasteiger partial charge on any atom is 0.309 e. The molecule has 2 saturated heterocycles. The number of hydrogen-bond acceptors (Lipinski definition) is 6. The van der Waals surface area contributed by atoms with Crippen molar-refractivity contribution in [3.63, 3.8) is 0 Å². The minimum atomic E-state index is -1.01. The van der Waals surface area contributed by atoms with Gasteiger partial charge in [0.15, 0.2) is 0 Å². The molecule has 3 saturated carbocycles. The number of carbonyl (C=O) groups excluding carboxylic acids is 2. The van der Waals surface area contributed by atoms with Crippen LogP contribution >= 0.6 is 0 Å². The van der Waals surface area contributed by atoms with Gasteiger partial charge in [-0.05, 0) is 69.3 Å². The van der Waals surface area contributed by atoms with Gasteiger partial charge < -0.3 is 19.7 Å². The molecule has 0 spiro atoms. The molecule has 6 nitrogen and oxygen atoms in total. The van der Waals surface area contributed by atoms with E-state index in [1.807, 2.05) is 27.7 Å². The first-order chi connectivity index (χ1) is 16.8. The molecule has 0 aromatic heterocycles. The van der Waals surface area contributed by atoms with Crippen molar-refractivity contribution < 1.29 is 29.3 Å². The molecule has 0 amide bonds. The van der Waals surface area contributed by atoms with Gasteiger partial charge in [-0.25, -0.2) is 0 Å². The Morgan fingerprint density at radius 1 is 0.889 bits per heavy atom. The van der Waals surface area contributed by atoms with Gasteiger partial charge in [0.05, 0.1) is 23.0 Å². The van der Waals surface area contributed by atoms with Crippen LogP contribution < -0.4 is 0 Å². The molecule has 0 radical (unpaired) electrons. The molecular formula is C30H40O6. The molecule has 5 fully saturated rings. The van der Waals surface area contributed by atoms with E-state index in [1.165, 1.54) is 5.57 Å². The lowest BCUT2D eigenvalue weighted by Gasteiger charge is -2.51. The predicted molar refractivity (Wildman–Crippen MR) is 131 cm³/mol.